The van der Waals surface area contributed by atoms with Gasteiger partial charge in [-0.05, 0) is 30.3 Å². The summed E-state index contributed by atoms with van der Waals surface area (Å²) >= 11 is 0. The van der Waals surface area contributed by atoms with Crippen LogP contribution >= 0.6 is 0 Å². The van der Waals surface area contributed by atoms with E-state index in [9.17, 15) is 31.5 Å². The minimum Gasteiger partial charge on any atom is -0.325 e. The largest absolute Gasteiger partial charge is 0.416 e. The number of hydrogen-bond donors (Lipinski definition) is 2. The van der Waals surface area contributed by atoms with Crippen molar-refractivity contribution in [3.8, 4) is 0 Å². The summed E-state index contributed by atoms with van der Waals surface area (Å²) in [7, 11) is 0. The molecule has 25 heavy (non-hydrogen) atoms. The number of benzene rings is 2. The molecule has 2 rings (SSSR count). The standard InChI is InChI=1S/C16H11F5N2O2/c1-8(24)22-13-5-2-9(16(19,20)21)6-14(13)23-15(25)11-4-3-10(17)7-12(11)18/h2-7H,1H3,(H,22,24)(H,23,25). The summed E-state index contributed by atoms with van der Waals surface area (Å²) in [4.78, 5) is 23.2. The Kier molecular flexibility index (Phi) is 5.05. The minimum atomic E-state index is -4.69. The fourth-order valence-electron chi connectivity index (χ4n) is 1.99. The topological polar surface area (TPSA) is 58.2 Å². The van der Waals surface area contributed by atoms with Gasteiger partial charge in [0.15, 0.2) is 0 Å². The molecule has 0 radical (unpaired) electrons. The van der Waals surface area contributed by atoms with Crippen LogP contribution in [0.5, 0.6) is 0 Å². The molecule has 0 spiro atoms. The average Bonchev–Trinajstić information content (AvgIpc) is 2.47. The summed E-state index contributed by atoms with van der Waals surface area (Å²) in [6.07, 6.45) is -4.69. The molecule has 0 aliphatic rings. The Hall–Kier alpha value is -2.97. The third-order valence-electron chi connectivity index (χ3n) is 3.08. The first-order valence-electron chi connectivity index (χ1n) is 6.83. The van der Waals surface area contributed by atoms with Gasteiger partial charge in [0.05, 0.1) is 22.5 Å². The van der Waals surface area contributed by atoms with Gasteiger partial charge >= 0.3 is 6.18 Å². The number of hydrogen-bond acceptors (Lipinski definition) is 2. The van der Waals surface area contributed by atoms with Gasteiger partial charge in [-0.3, -0.25) is 9.59 Å². The SMILES string of the molecule is CC(=O)Nc1ccc(C(F)(F)F)cc1NC(=O)c1ccc(F)cc1F. The van der Waals surface area contributed by atoms with E-state index >= 15 is 0 Å². The van der Waals surface area contributed by atoms with Crippen molar-refractivity contribution in [2.75, 3.05) is 10.6 Å². The van der Waals surface area contributed by atoms with E-state index in [1.54, 1.807) is 0 Å². The maximum absolute atomic E-state index is 13.6. The van der Waals surface area contributed by atoms with Crippen molar-refractivity contribution in [2.24, 2.45) is 0 Å². The molecule has 0 fully saturated rings. The maximum atomic E-state index is 13.6. The van der Waals surface area contributed by atoms with Crippen LogP contribution in [0.25, 0.3) is 0 Å². The highest BCUT2D eigenvalue weighted by Crippen LogP contribution is 2.34. The Labute approximate surface area is 138 Å². The number of nitrogens with one attached hydrogen (secondary N) is 2. The fraction of sp³-hybridized carbons (Fsp3) is 0.125. The highest BCUT2D eigenvalue weighted by atomic mass is 19.4. The van der Waals surface area contributed by atoms with Gasteiger partial charge in [0.25, 0.3) is 5.91 Å². The van der Waals surface area contributed by atoms with Gasteiger partial charge in [0.2, 0.25) is 5.91 Å². The Balaban J connectivity index is 2.41. The van der Waals surface area contributed by atoms with Gasteiger partial charge in [-0.25, -0.2) is 8.78 Å². The van der Waals surface area contributed by atoms with E-state index in [1.807, 2.05) is 0 Å². The van der Waals surface area contributed by atoms with E-state index in [2.05, 4.69) is 10.6 Å². The van der Waals surface area contributed by atoms with Gasteiger partial charge in [0, 0.05) is 13.0 Å². The van der Waals surface area contributed by atoms with Crippen LogP contribution in [0, 0.1) is 11.6 Å². The van der Waals surface area contributed by atoms with Crippen molar-refractivity contribution >= 4 is 23.2 Å². The molecule has 9 heteroatoms. The van der Waals surface area contributed by atoms with E-state index in [4.69, 9.17) is 0 Å². The van der Waals surface area contributed by atoms with Crippen LogP contribution in [0.3, 0.4) is 0 Å². The van der Waals surface area contributed by atoms with E-state index in [0.717, 1.165) is 31.2 Å². The first kappa shape index (κ1) is 18.4. The fourth-order valence-corrected chi connectivity index (χ4v) is 1.99. The molecule has 2 aromatic rings. The van der Waals surface area contributed by atoms with Crippen molar-refractivity contribution in [3.63, 3.8) is 0 Å². The van der Waals surface area contributed by atoms with Crippen LogP contribution in [0.1, 0.15) is 22.8 Å². The Morgan fingerprint density at radius 3 is 2.16 bits per heavy atom. The lowest BCUT2D eigenvalue weighted by atomic mass is 10.1. The monoisotopic (exact) mass is 358 g/mol. The molecular formula is C16H11F5N2O2. The Bertz CT molecular complexity index is 834. The van der Waals surface area contributed by atoms with Crippen LogP contribution in [0.4, 0.5) is 33.3 Å². The Morgan fingerprint density at radius 1 is 0.920 bits per heavy atom. The second-order valence-corrected chi connectivity index (χ2v) is 5.02. The lowest BCUT2D eigenvalue weighted by Gasteiger charge is -2.15. The molecule has 4 nitrogen and oxygen atoms in total. The number of carbonyl (C=O) groups excluding carboxylic acids is 2. The van der Waals surface area contributed by atoms with Crippen LogP contribution in [-0.2, 0) is 11.0 Å². The van der Waals surface area contributed by atoms with Gasteiger partial charge < -0.3 is 10.6 Å². The van der Waals surface area contributed by atoms with Crippen LogP contribution in [-0.4, -0.2) is 11.8 Å². The van der Waals surface area contributed by atoms with Crippen molar-refractivity contribution in [1.82, 2.24) is 0 Å². The van der Waals surface area contributed by atoms with Crippen LogP contribution in [0.15, 0.2) is 36.4 Å². The lowest BCUT2D eigenvalue weighted by molar-refractivity contribution is -0.137. The normalized spacial score (nSPS) is 11.1. The molecule has 0 bridgehead atoms. The molecule has 2 amide bonds. The molecule has 2 N–H and O–H groups in total. The Morgan fingerprint density at radius 2 is 1.60 bits per heavy atom. The molecule has 0 aliphatic carbocycles. The smallest absolute Gasteiger partial charge is 0.325 e. The summed E-state index contributed by atoms with van der Waals surface area (Å²) in [5.41, 5.74) is -2.11. The van der Waals surface area contributed by atoms with Gasteiger partial charge in [-0.15, -0.1) is 0 Å². The van der Waals surface area contributed by atoms with Crippen LogP contribution in [0.2, 0.25) is 0 Å². The zero-order valence-corrected chi connectivity index (χ0v) is 12.7. The third-order valence-corrected chi connectivity index (χ3v) is 3.08. The molecular weight excluding hydrogens is 347 g/mol. The summed E-state index contributed by atoms with van der Waals surface area (Å²) < 4.78 is 65.0. The first-order valence-corrected chi connectivity index (χ1v) is 6.83. The molecule has 132 valence electrons. The van der Waals surface area contributed by atoms with E-state index in [-0.39, 0.29) is 11.4 Å². The quantitative estimate of drug-likeness (QED) is 0.808. The summed E-state index contributed by atoms with van der Waals surface area (Å²) in [5.74, 6) is -3.76. The number of amides is 2. The zero-order valence-electron chi connectivity index (χ0n) is 12.7. The zero-order chi connectivity index (χ0) is 18.8. The number of halogens is 5. The van der Waals surface area contributed by atoms with Crippen molar-refractivity contribution < 1.29 is 31.5 Å². The maximum Gasteiger partial charge on any atom is 0.416 e. The third kappa shape index (κ3) is 4.52. The number of rotatable bonds is 3. The molecule has 0 atom stereocenters. The number of anilines is 2. The predicted octanol–water partition coefficient (Wildman–Crippen LogP) is 4.19. The molecule has 0 saturated heterocycles. The highest BCUT2D eigenvalue weighted by molar-refractivity contribution is 6.07. The molecule has 0 aromatic heterocycles. The summed E-state index contributed by atoms with van der Waals surface area (Å²) in [6.45, 7) is 1.13. The minimum absolute atomic E-state index is 0.101. The van der Waals surface area contributed by atoms with E-state index in [0.29, 0.717) is 12.1 Å². The second kappa shape index (κ2) is 6.88. The van der Waals surface area contributed by atoms with Gasteiger partial charge in [-0.2, -0.15) is 13.2 Å². The van der Waals surface area contributed by atoms with Gasteiger partial charge in [0.1, 0.15) is 11.6 Å². The molecule has 0 aliphatic heterocycles. The predicted molar refractivity (Wildman–Crippen MR) is 80.1 cm³/mol. The highest BCUT2D eigenvalue weighted by Gasteiger charge is 2.31. The molecule has 0 heterocycles. The summed E-state index contributed by atoms with van der Waals surface area (Å²) in [5, 5.41) is 4.35. The lowest BCUT2D eigenvalue weighted by Crippen LogP contribution is -2.17. The van der Waals surface area contributed by atoms with E-state index < -0.39 is 40.8 Å². The van der Waals surface area contributed by atoms with Gasteiger partial charge in [-0.1, -0.05) is 0 Å². The second-order valence-electron chi connectivity index (χ2n) is 5.02. The molecule has 2 aromatic carbocycles. The first-order chi connectivity index (χ1) is 11.6. The molecule has 0 saturated carbocycles. The summed E-state index contributed by atoms with van der Waals surface area (Å²) in [6, 6.07) is 4.44. The number of alkyl halides is 3. The van der Waals surface area contributed by atoms with Crippen molar-refractivity contribution in [2.45, 2.75) is 13.1 Å². The van der Waals surface area contributed by atoms with E-state index in [1.165, 1.54) is 0 Å². The number of carbonyl (C=O) groups is 2. The van der Waals surface area contributed by atoms with Crippen LogP contribution < -0.4 is 10.6 Å². The molecule has 0 unspecified atom stereocenters. The average molecular weight is 358 g/mol. The van der Waals surface area contributed by atoms with Crippen molar-refractivity contribution in [3.05, 3.63) is 59.2 Å². The van der Waals surface area contributed by atoms with Crippen molar-refractivity contribution in [1.29, 1.82) is 0 Å².